The second-order valence-corrected chi connectivity index (χ2v) is 5.98. The van der Waals surface area contributed by atoms with Crippen molar-refractivity contribution in [3.8, 4) is 11.3 Å². The largest absolute Gasteiger partial charge is 0.439 e. The van der Waals surface area contributed by atoms with Gasteiger partial charge in [-0.15, -0.1) is 0 Å². The van der Waals surface area contributed by atoms with Crippen molar-refractivity contribution in [3.05, 3.63) is 40.3 Å². The van der Waals surface area contributed by atoms with E-state index in [2.05, 4.69) is 59.1 Å². The fraction of sp³-hybridized carbons (Fsp3) is 0.400. The van der Waals surface area contributed by atoms with Crippen molar-refractivity contribution in [1.29, 1.82) is 0 Å². The first-order valence-corrected chi connectivity index (χ1v) is 7.27. The van der Waals surface area contributed by atoms with E-state index < -0.39 is 0 Å². The molecule has 0 fully saturated rings. The molecule has 0 spiro atoms. The minimum absolute atomic E-state index is 0.626. The Morgan fingerprint density at radius 1 is 1.37 bits per heavy atom. The van der Waals surface area contributed by atoms with Crippen molar-refractivity contribution in [2.24, 2.45) is 5.92 Å². The van der Waals surface area contributed by atoms with Crippen molar-refractivity contribution in [1.82, 2.24) is 10.3 Å². The average Bonchev–Trinajstić information content (AvgIpc) is 2.77. The van der Waals surface area contributed by atoms with Gasteiger partial charge < -0.3 is 9.73 Å². The van der Waals surface area contributed by atoms with Gasteiger partial charge in [0.25, 0.3) is 0 Å². The van der Waals surface area contributed by atoms with Crippen LogP contribution in [0.2, 0.25) is 0 Å². The third-order valence-electron chi connectivity index (χ3n) is 2.77. The van der Waals surface area contributed by atoms with E-state index >= 15 is 0 Å². The Morgan fingerprint density at radius 2 is 2.16 bits per heavy atom. The molecule has 1 aromatic carbocycles. The predicted molar refractivity (Wildman–Crippen MR) is 80.9 cm³/mol. The van der Waals surface area contributed by atoms with E-state index in [-0.39, 0.29) is 0 Å². The van der Waals surface area contributed by atoms with E-state index in [0.717, 1.165) is 28.2 Å². The molecule has 0 atom stereocenters. The van der Waals surface area contributed by atoms with Gasteiger partial charge in [0, 0.05) is 10.0 Å². The first kappa shape index (κ1) is 14.3. The highest BCUT2D eigenvalue weighted by Gasteiger charge is 2.09. The summed E-state index contributed by atoms with van der Waals surface area (Å²) in [6.07, 6.45) is 1.78. The fourth-order valence-corrected chi connectivity index (χ4v) is 2.49. The summed E-state index contributed by atoms with van der Waals surface area (Å²) >= 11 is 3.56. The number of nitrogens with zero attached hydrogens (tertiary/aromatic N) is 1. The molecule has 0 aliphatic heterocycles. The monoisotopic (exact) mass is 322 g/mol. The molecule has 0 aliphatic rings. The maximum Gasteiger partial charge on any atom is 0.208 e. The molecular weight excluding hydrogens is 304 g/mol. The molecule has 4 heteroatoms. The minimum Gasteiger partial charge on any atom is -0.439 e. The summed E-state index contributed by atoms with van der Waals surface area (Å²) in [5.41, 5.74) is 2.25. The smallest absolute Gasteiger partial charge is 0.208 e. The first-order valence-electron chi connectivity index (χ1n) is 6.48. The molecule has 0 amide bonds. The Balaban J connectivity index is 2.08. The highest BCUT2D eigenvalue weighted by molar-refractivity contribution is 9.10. The highest BCUT2D eigenvalue weighted by Crippen LogP contribution is 2.29. The lowest BCUT2D eigenvalue weighted by molar-refractivity contribution is 0.459. The van der Waals surface area contributed by atoms with Crippen LogP contribution >= 0.6 is 15.9 Å². The van der Waals surface area contributed by atoms with Gasteiger partial charge in [-0.25, -0.2) is 4.98 Å². The van der Waals surface area contributed by atoms with Crippen molar-refractivity contribution >= 4 is 15.9 Å². The summed E-state index contributed by atoms with van der Waals surface area (Å²) in [5, 5.41) is 3.32. The second kappa shape index (κ2) is 6.35. The molecule has 0 unspecified atom stereocenters. The van der Waals surface area contributed by atoms with Crippen molar-refractivity contribution in [2.45, 2.75) is 27.3 Å². The van der Waals surface area contributed by atoms with Gasteiger partial charge >= 0.3 is 0 Å². The molecule has 19 heavy (non-hydrogen) atoms. The third kappa shape index (κ3) is 3.91. The third-order valence-corrected chi connectivity index (χ3v) is 3.43. The van der Waals surface area contributed by atoms with Crippen molar-refractivity contribution in [3.63, 3.8) is 0 Å². The van der Waals surface area contributed by atoms with E-state index in [1.165, 1.54) is 5.56 Å². The van der Waals surface area contributed by atoms with Gasteiger partial charge in [-0.2, -0.15) is 0 Å². The van der Waals surface area contributed by atoms with Gasteiger partial charge in [0.2, 0.25) is 5.89 Å². The summed E-state index contributed by atoms with van der Waals surface area (Å²) in [7, 11) is 0. The van der Waals surface area contributed by atoms with Crippen LogP contribution < -0.4 is 5.32 Å². The summed E-state index contributed by atoms with van der Waals surface area (Å²) in [6, 6.07) is 6.19. The van der Waals surface area contributed by atoms with Crippen molar-refractivity contribution < 1.29 is 4.42 Å². The number of halogens is 1. The van der Waals surface area contributed by atoms with E-state index in [4.69, 9.17) is 4.42 Å². The number of hydrogen-bond donors (Lipinski definition) is 1. The van der Waals surface area contributed by atoms with Gasteiger partial charge in [0.05, 0.1) is 12.7 Å². The lowest BCUT2D eigenvalue weighted by atomic mass is 10.1. The predicted octanol–water partition coefficient (Wildman–Crippen LogP) is 4.16. The molecule has 0 radical (unpaired) electrons. The normalized spacial score (nSPS) is 11.2. The second-order valence-electron chi connectivity index (χ2n) is 5.13. The van der Waals surface area contributed by atoms with E-state index in [1.54, 1.807) is 6.20 Å². The molecule has 0 saturated carbocycles. The van der Waals surface area contributed by atoms with E-state index in [1.807, 2.05) is 6.07 Å². The molecular formula is C15H19BrN2O. The number of oxazole rings is 1. The molecule has 0 aliphatic carbocycles. The quantitative estimate of drug-likeness (QED) is 0.898. The molecule has 3 nitrogen and oxygen atoms in total. The van der Waals surface area contributed by atoms with Crippen LogP contribution in [0.25, 0.3) is 11.3 Å². The molecule has 1 aromatic heterocycles. The topological polar surface area (TPSA) is 38.1 Å². The lowest BCUT2D eigenvalue weighted by Gasteiger charge is -2.04. The number of rotatable bonds is 5. The molecule has 0 saturated heterocycles. The molecule has 2 rings (SSSR count). The summed E-state index contributed by atoms with van der Waals surface area (Å²) < 4.78 is 6.80. The molecule has 1 N–H and O–H groups in total. The number of nitrogens with one attached hydrogen (secondary N) is 1. The Bertz CT molecular complexity index is 549. The molecule has 102 valence electrons. The Labute approximate surface area is 122 Å². The van der Waals surface area contributed by atoms with E-state index in [0.29, 0.717) is 12.5 Å². The zero-order chi connectivity index (χ0) is 13.8. The standard InChI is InChI=1S/C15H19BrN2O/c1-10(2)7-17-9-15-18-8-14(19-15)12-5-4-11(3)6-13(12)16/h4-6,8,10,17H,7,9H2,1-3H3. The van der Waals surface area contributed by atoms with Crippen LogP contribution in [-0.2, 0) is 6.54 Å². The minimum atomic E-state index is 0.626. The van der Waals surface area contributed by atoms with Gasteiger partial charge in [0.15, 0.2) is 5.76 Å². The SMILES string of the molecule is Cc1ccc(-c2cnc(CNCC(C)C)o2)c(Br)c1. The van der Waals surface area contributed by atoms with Gasteiger partial charge in [0.1, 0.15) is 0 Å². The van der Waals surface area contributed by atoms with Gasteiger partial charge in [-0.3, -0.25) is 0 Å². The molecule has 2 aromatic rings. The van der Waals surface area contributed by atoms with Gasteiger partial charge in [-0.1, -0.05) is 35.8 Å². The molecule has 1 heterocycles. The maximum atomic E-state index is 5.77. The summed E-state index contributed by atoms with van der Waals surface area (Å²) in [6.45, 7) is 8.05. The fourth-order valence-electron chi connectivity index (χ4n) is 1.80. The van der Waals surface area contributed by atoms with Crippen LogP contribution in [0.4, 0.5) is 0 Å². The van der Waals surface area contributed by atoms with Gasteiger partial charge in [-0.05, 0) is 37.1 Å². The van der Waals surface area contributed by atoms with Crippen LogP contribution in [0.3, 0.4) is 0 Å². The Kier molecular flexibility index (Phi) is 4.77. The van der Waals surface area contributed by atoms with Crippen LogP contribution in [-0.4, -0.2) is 11.5 Å². The number of aryl methyl sites for hydroxylation is 1. The van der Waals surface area contributed by atoms with Crippen LogP contribution in [0.5, 0.6) is 0 Å². The average molecular weight is 323 g/mol. The van der Waals surface area contributed by atoms with Crippen LogP contribution in [0, 0.1) is 12.8 Å². The maximum absolute atomic E-state index is 5.77. The number of benzene rings is 1. The number of hydrogen-bond acceptors (Lipinski definition) is 3. The van der Waals surface area contributed by atoms with E-state index in [9.17, 15) is 0 Å². The first-order chi connectivity index (χ1) is 9.06. The highest BCUT2D eigenvalue weighted by atomic mass is 79.9. The summed E-state index contributed by atoms with van der Waals surface area (Å²) in [4.78, 5) is 4.30. The van der Waals surface area contributed by atoms with Crippen LogP contribution in [0.15, 0.2) is 33.3 Å². The molecule has 0 bridgehead atoms. The zero-order valence-corrected chi connectivity index (χ0v) is 13.1. The zero-order valence-electron chi connectivity index (χ0n) is 11.5. The van der Waals surface area contributed by atoms with Crippen LogP contribution in [0.1, 0.15) is 25.3 Å². The Hall–Kier alpha value is -1.13. The number of aromatic nitrogens is 1. The Morgan fingerprint density at radius 3 is 2.84 bits per heavy atom. The summed E-state index contributed by atoms with van der Waals surface area (Å²) in [5.74, 6) is 2.15. The lowest BCUT2D eigenvalue weighted by Crippen LogP contribution is -2.18. The van der Waals surface area contributed by atoms with Crippen molar-refractivity contribution in [2.75, 3.05) is 6.54 Å².